The first-order chi connectivity index (χ1) is 9.02. The number of nitrogens with one attached hydrogen (secondary N) is 1. The van der Waals surface area contributed by atoms with E-state index in [0.29, 0.717) is 22.4 Å². The van der Waals surface area contributed by atoms with Crippen LogP contribution in [0.25, 0.3) is 0 Å². The Hall–Kier alpha value is -1.33. The average molecular weight is 283 g/mol. The molecule has 1 aliphatic rings. The number of likely N-dealkylation sites (tertiary alicyclic amines) is 1. The van der Waals surface area contributed by atoms with Gasteiger partial charge in [0.05, 0.1) is 10.6 Å². The van der Waals surface area contributed by atoms with Gasteiger partial charge in [-0.05, 0) is 26.6 Å². The Morgan fingerprint density at radius 1 is 1.58 bits per heavy atom. The maximum absolute atomic E-state index is 12.5. The van der Waals surface area contributed by atoms with E-state index in [1.807, 2.05) is 19.0 Å². The summed E-state index contributed by atoms with van der Waals surface area (Å²) in [6.07, 6.45) is 2.51. The van der Waals surface area contributed by atoms with Crippen molar-refractivity contribution in [3.05, 3.63) is 22.8 Å². The number of pyridine rings is 1. The lowest BCUT2D eigenvalue weighted by Gasteiger charge is -2.21. The second-order valence-corrected chi connectivity index (χ2v) is 5.36. The highest BCUT2D eigenvalue weighted by Crippen LogP contribution is 2.22. The molecular weight excluding hydrogens is 264 g/mol. The third kappa shape index (κ3) is 2.98. The smallest absolute Gasteiger partial charge is 0.255 e. The van der Waals surface area contributed by atoms with E-state index in [2.05, 4.69) is 15.2 Å². The Labute approximate surface area is 118 Å². The monoisotopic (exact) mass is 282 g/mol. The van der Waals surface area contributed by atoms with E-state index in [9.17, 15) is 4.79 Å². The van der Waals surface area contributed by atoms with Gasteiger partial charge in [-0.1, -0.05) is 11.6 Å². The number of aromatic nitrogens is 1. The fourth-order valence-corrected chi connectivity index (χ4v) is 2.44. The van der Waals surface area contributed by atoms with E-state index in [-0.39, 0.29) is 5.91 Å². The number of hydrogen-bond acceptors (Lipinski definition) is 4. The van der Waals surface area contributed by atoms with Gasteiger partial charge in [0.1, 0.15) is 5.82 Å². The molecule has 1 saturated heterocycles. The first-order valence-corrected chi connectivity index (χ1v) is 6.69. The average Bonchev–Trinajstić information content (AvgIpc) is 2.88. The Morgan fingerprint density at radius 3 is 2.89 bits per heavy atom. The number of anilines is 1. The molecule has 0 aromatic carbocycles. The SMILES string of the molecule is CNc1cc(C(=O)N2CCC(N(C)C)C2)c(Cl)cn1. The zero-order valence-corrected chi connectivity index (χ0v) is 12.2. The summed E-state index contributed by atoms with van der Waals surface area (Å²) in [5.41, 5.74) is 0.514. The summed E-state index contributed by atoms with van der Waals surface area (Å²) in [6.45, 7) is 1.52. The van der Waals surface area contributed by atoms with Gasteiger partial charge in [-0.3, -0.25) is 4.79 Å². The molecule has 1 unspecified atom stereocenters. The molecule has 2 heterocycles. The second-order valence-electron chi connectivity index (χ2n) is 4.96. The Kier molecular flexibility index (Phi) is 4.27. The molecule has 0 radical (unpaired) electrons. The molecule has 0 bridgehead atoms. The minimum atomic E-state index is -0.0201. The molecule has 104 valence electrons. The van der Waals surface area contributed by atoms with Gasteiger partial charge in [-0.2, -0.15) is 0 Å². The lowest BCUT2D eigenvalue weighted by atomic mass is 10.2. The van der Waals surface area contributed by atoms with E-state index in [1.54, 1.807) is 13.1 Å². The van der Waals surface area contributed by atoms with E-state index in [4.69, 9.17) is 11.6 Å². The minimum absolute atomic E-state index is 0.0201. The fraction of sp³-hybridized carbons (Fsp3) is 0.538. The van der Waals surface area contributed by atoms with Crippen LogP contribution in [0, 0.1) is 0 Å². The van der Waals surface area contributed by atoms with Crippen molar-refractivity contribution < 1.29 is 4.79 Å². The third-order valence-corrected chi connectivity index (χ3v) is 3.82. The predicted molar refractivity (Wildman–Crippen MR) is 76.8 cm³/mol. The number of amides is 1. The summed E-state index contributed by atoms with van der Waals surface area (Å²) in [7, 11) is 5.84. The molecule has 0 spiro atoms. The van der Waals surface area contributed by atoms with Crippen LogP contribution in [-0.2, 0) is 0 Å². The summed E-state index contributed by atoms with van der Waals surface area (Å²) in [4.78, 5) is 20.6. The maximum Gasteiger partial charge on any atom is 0.255 e. The first-order valence-electron chi connectivity index (χ1n) is 6.32. The maximum atomic E-state index is 12.5. The normalized spacial score (nSPS) is 19.0. The fourth-order valence-electron chi connectivity index (χ4n) is 2.26. The van der Waals surface area contributed by atoms with Crippen LogP contribution >= 0.6 is 11.6 Å². The van der Waals surface area contributed by atoms with Gasteiger partial charge in [0.2, 0.25) is 0 Å². The molecule has 19 heavy (non-hydrogen) atoms. The van der Waals surface area contributed by atoms with Gasteiger partial charge in [0, 0.05) is 32.4 Å². The van der Waals surface area contributed by atoms with E-state index in [1.165, 1.54) is 6.20 Å². The molecule has 0 aliphatic carbocycles. The molecule has 6 heteroatoms. The molecule has 1 N–H and O–H groups in total. The largest absolute Gasteiger partial charge is 0.373 e. The lowest BCUT2D eigenvalue weighted by Crippen LogP contribution is -2.34. The number of likely N-dealkylation sites (N-methyl/N-ethyl adjacent to an activating group) is 1. The zero-order chi connectivity index (χ0) is 14.0. The summed E-state index contributed by atoms with van der Waals surface area (Å²) in [6, 6.07) is 2.13. The van der Waals surface area contributed by atoms with Crippen LogP contribution in [0.1, 0.15) is 16.8 Å². The summed E-state index contributed by atoms with van der Waals surface area (Å²) < 4.78 is 0. The number of rotatable bonds is 3. The topological polar surface area (TPSA) is 48.5 Å². The highest BCUT2D eigenvalue weighted by atomic mass is 35.5. The minimum Gasteiger partial charge on any atom is -0.373 e. The van der Waals surface area contributed by atoms with Crippen molar-refractivity contribution in [3.63, 3.8) is 0 Å². The van der Waals surface area contributed by atoms with Crippen LogP contribution in [0.15, 0.2) is 12.3 Å². The standard InChI is InChI=1S/C13H19ClN4O/c1-15-12-6-10(11(14)7-16-12)13(19)18-5-4-9(8-18)17(2)3/h6-7,9H,4-5,8H2,1-3H3,(H,15,16). The molecule has 1 aliphatic heterocycles. The molecular formula is C13H19ClN4O. The third-order valence-electron chi connectivity index (χ3n) is 3.52. The van der Waals surface area contributed by atoms with Crippen molar-refractivity contribution in [2.45, 2.75) is 12.5 Å². The number of halogens is 1. The van der Waals surface area contributed by atoms with Gasteiger partial charge in [0.25, 0.3) is 5.91 Å². The molecule has 1 fully saturated rings. The van der Waals surface area contributed by atoms with Crippen molar-refractivity contribution in [1.29, 1.82) is 0 Å². The summed E-state index contributed by atoms with van der Waals surface area (Å²) in [5.74, 6) is 0.629. The molecule has 1 aromatic heterocycles. The van der Waals surface area contributed by atoms with Gasteiger partial charge in [0.15, 0.2) is 0 Å². The quantitative estimate of drug-likeness (QED) is 0.914. The van der Waals surface area contributed by atoms with Crippen molar-refractivity contribution >= 4 is 23.3 Å². The first kappa shape index (κ1) is 14.1. The molecule has 0 saturated carbocycles. The Bertz CT molecular complexity index is 478. The highest BCUT2D eigenvalue weighted by Gasteiger charge is 2.29. The van der Waals surface area contributed by atoms with Gasteiger partial charge in [-0.15, -0.1) is 0 Å². The lowest BCUT2D eigenvalue weighted by molar-refractivity contribution is 0.0783. The van der Waals surface area contributed by atoms with Crippen LogP contribution in [0.2, 0.25) is 5.02 Å². The molecule has 2 rings (SSSR count). The molecule has 1 atom stereocenters. The Morgan fingerprint density at radius 2 is 2.32 bits per heavy atom. The van der Waals surface area contributed by atoms with Crippen LogP contribution in [0.4, 0.5) is 5.82 Å². The summed E-state index contributed by atoms with van der Waals surface area (Å²) in [5, 5.41) is 3.32. The summed E-state index contributed by atoms with van der Waals surface area (Å²) >= 11 is 6.08. The predicted octanol–water partition coefficient (Wildman–Crippen LogP) is 1.55. The molecule has 1 aromatic rings. The molecule has 5 nitrogen and oxygen atoms in total. The van der Waals surface area contributed by atoms with Crippen molar-refractivity contribution in [1.82, 2.24) is 14.8 Å². The van der Waals surface area contributed by atoms with Crippen molar-refractivity contribution in [2.24, 2.45) is 0 Å². The second kappa shape index (κ2) is 5.75. The molecule has 1 amide bonds. The number of hydrogen-bond donors (Lipinski definition) is 1. The van der Waals surface area contributed by atoms with Crippen LogP contribution in [0.3, 0.4) is 0 Å². The zero-order valence-electron chi connectivity index (χ0n) is 11.5. The van der Waals surface area contributed by atoms with Gasteiger partial charge in [-0.25, -0.2) is 4.98 Å². The van der Waals surface area contributed by atoms with Crippen LogP contribution in [0.5, 0.6) is 0 Å². The van der Waals surface area contributed by atoms with Crippen molar-refractivity contribution in [3.8, 4) is 0 Å². The van der Waals surface area contributed by atoms with Gasteiger partial charge >= 0.3 is 0 Å². The van der Waals surface area contributed by atoms with Crippen molar-refractivity contribution in [2.75, 3.05) is 39.5 Å². The van der Waals surface area contributed by atoms with E-state index < -0.39 is 0 Å². The Balaban J connectivity index is 2.16. The van der Waals surface area contributed by atoms with Crippen LogP contribution < -0.4 is 5.32 Å². The van der Waals surface area contributed by atoms with E-state index >= 15 is 0 Å². The number of nitrogens with zero attached hydrogens (tertiary/aromatic N) is 3. The van der Waals surface area contributed by atoms with E-state index in [0.717, 1.165) is 19.5 Å². The highest BCUT2D eigenvalue weighted by molar-refractivity contribution is 6.33. The number of carbonyl (C=O) groups excluding carboxylic acids is 1. The van der Waals surface area contributed by atoms with Gasteiger partial charge < -0.3 is 15.1 Å². The van der Waals surface area contributed by atoms with Crippen LogP contribution in [-0.4, -0.2) is 61.0 Å². The number of carbonyl (C=O) groups is 1.